The molecule has 0 radical (unpaired) electrons. The Bertz CT molecular complexity index is 944. The van der Waals surface area contributed by atoms with E-state index in [9.17, 15) is 4.79 Å². The van der Waals surface area contributed by atoms with Crippen molar-refractivity contribution < 1.29 is 9.53 Å². The number of rotatable bonds is 6. The highest BCUT2D eigenvalue weighted by Crippen LogP contribution is 2.27. The van der Waals surface area contributed by atoms with Crippen LogP contribution in [0.5, 0.6) is 5.75 Å². The number of nitrogens with one attached hydrogen (secondary N) is 1. The van der Waals surface area contributed by atoms with Gasteiger partial charge in [-0.15, -0.1) is 0 Å². The predicted octanol–water partition coefficient (Wildman–Crippen LogP) is 3.71. The molecule has 0 bridgehead atoms. The first-order chi connectivity index (χ1) is 13.7. The Morgan fingerprint density at radius 3 is 2.89 bits per heavy atom. The number of nitrogens with zero attached hydrogens (tertiary/aromatic N) is 3. The Balaban J connectivity index is 1.31. The summed E-state index contributed by atoms with van der Waals surface area (Å²) in [7, 11) is 0. The number of hydrogen-bond acceptors (Lipinski definition) is 4. The molecule has 0 aliphatic carbocycles. The molecule has 1 amide bonds. The maximum absolute atomic E-state index is 12.6. The van der Waals surface area contributed by atoms with Gasteiger partial charge in [-0.3, -0.25) is 14.9 Å². The number of halogens is 1. The molecular formula is C21H21ClN4O2. The summed E-state index contributed by atoms with van der Waals surface area (Å²) in [5.41, 5.74) is 2.69. The van der Waals surface area contributed by atoms with Gasteiger partial charge in [0, 0.05) is 49.1 Å². The smallest absolute Gasteiger partial charge is 0.253 e. The van der Waals surface area contributed by atoms with Crippen LogP contribution in [-0.2, 0) is 6.42 Å². The fraction of sp³-hybridized carbons (Fsp3) is 0.286. The lowest BCUT2D eigenvalue weighted by Gasteiger charge is -2.15. The average Bonchev–Trinajstić information content (AvgIpc) is 3.39. The number of likely N-dealkylation sites (tertiary alicyclic amines) is 1. The SMILES string of the molecule is O=C(c1ccncc1)N1CCC(c2cc(CCOc3ccccc3Cl)[nH]n2)C1. The molecule has 144 valence electrons. The van der Waals surface area contributed by atoms with Crippen LogP contribution in [0.2, 0.25) is 5.02 Å². The highest BCUT2D eigenvalue weighted by molar-refractivity contribution is 6.32. The minimum Gasteiger partial charge on any atom is -0.492 e. The van der Waals surface area contributed by atoms with Crippen molar-refractivity contribution in [1.29, 1.82) is 0 Å². The normalized spacial score (nSPS) is 16.3. The maximum Gasteiger partial charge on any atom is 0.253 e. The van der Waals surface area contributed by atoms with Crippen molar-refractivity contribution in [2.24, 2.45) is 0 Å². The minimum absolute atomic E-state index is 0.0498. The highest BCUT2D eigenvalue weighted by atomic mass is 35.5. The first-order valence-corrected chi connectivity index (χ1v) is 9.69. The number of ether oxygens (including phenoxy) is 1. The van der Waals surface area contributed by atoms with Gasteiger partial charge < -0.3 is 9.64 Å². The zero-order chi connectivity index (χ0) is 19.3. The molecule has 3 heterocycles. The van der Waals surface area contributed by atoms with Crippen LogP contribution >= 0.6 is 11.6 Å². The van der Waals surface area contributed by atoms with Crippen LogP contribution in [0.25, 0.3) is 0 Å². The molecule has 1 unspecified atom stereocenters. The van der Waals surface area contributed by atoms with Crippen LogP contribution in [0, 0.1) is 0 Å². The van der Waals surface area contributed by atoms with Gasteiger partial charge in [-0.25, -0.2) is 0 Å². The van der Waals surface area contributed by atoms with E-state index in [2.05, 4.69) is 21.2 Å². The number of carbonyl (C=O) groups is 1. The molecular weight excluding hydrogens is 376 g/mol. The lowest BCUT2D eigenvalue weighted by molar-refractivity contribution is 0.0790. The molecule has 6 nitrogen and oxygen atoms in total. The van der Waals surface area contributed by atoms with Crippen LogP contribution in [-0.4, -0.2) is 45.7 Å². The second-order valence-electron chi connectivity index (χ2n) is 6.82. The van der Waals surface area contributed by atoms with E-state index in [0.717, 1.165) is 24.4 Å². The zero-order valence-electron chi connectivity index (χ0n) is 15.3. The highest BCUT2D eigenvalue weighted by Gasteiger charge is 2.29. The van der Waals surface area contributed by atoms with Crippen LogP contribution in [0.15, 0.2) is 54.9 Å². The van der Waals surface area contributed by atoms with E-state index in [0.29, 0.717) is 35.9 Å². The van der Waals surface area contributed by atoms with Gasteiger partial charge in [-0.05, 0) is 36.8 Å². The number of pyridine rings is 1. The van der Waals surface area contributed by atoms with Gasteiger partial charge in [0.2, 0.25) is 0 Å². The van der Waals surface area contributed by atoms with Crippen molar-refractivity contribution in [2.75, 3.05) is 19.7 Å². The van der Waals surface area contributed by atoms with Gasteiger partial charge in [0.1, 0.15) is 5.75 Å². The van der Waals surface area contributed by atoms with E-state index in [1.807, 2.05) is 29.2 Å². The summed E-state index contributed by atoms with van der Waals surface area (Å²) in [6, 6.07) is 13.0. The Hall–Kier alpha value is -2.86. The van der Waals surface area contributed by atoms with E-state index in [-0.39, 0.29) is 11.8 Å². The number of H-pyrrole nitrogens is 1. The molecule has 1 fully saturated rings. The first kappa shape index (κ1) is 18.5. The summed E-state index contributed by atoms with van der Waals surface area (Å²) in [4.78, 5) is 18.4. The molecule has 1 aliphatic heterocycles. The molecule has 1 aliphatic rings. The van der Waals surface area contributed by atoms with E-state index >= 15 is 0 Å². The monoisotopic (exact) mass is 396 g/mol. The summed E-state index contributed by atoms with van der Waals surface area (Å²) >= 11 is 6.10. The van der Waals surface area contributed by atoms with E-state index in [1.54, 1.807) is 24.5 Å². The van der Waals surface area contributed by atoms with Crippen LogP contribution in [0.3, 0.4) is 0 Å². The van der Waals surface area contributed by atoms with Crippen molar-refractivity contribution in [1.82, 2.24) is 20.1 Å². The third-order valence-electron chi connectivity index (χ3n) is 4.94. The maximum atomic E-state index is 12.6. The van der Waals surface area contributed by atoms with Crippen LogP contribution in [0.4, 0.5) is 0 Å². The van der Waals surface area contributed by atoms with Gasteiger partial charge >= 0.3 is 0 Å². The molecule has 0 saturated carbocycles. The number of benzene rings is 1. The van der Waals surface area contributed by atoms with Gasteiger partial charge in [-0.2, -0.15) is 5.10 Å². The van der Waals surface area contributed by atoms with Gasteiger partial charge in [-0.1, -0.05) is 23.7 Å². The fourth-order valence-corrected chi connectivity index (χ4v) is 3.60. The number of amides is 1. The molecule has 1 N–H and O–H groups in total. The van der Waals surface area contributed by atoms with Crippen molar-refractivity contribution in [3.8, 4) is 5.75 Å². The molecule has 28 heavy (non-hydrogen) atoms. The van der Waals surface area contributed by atoms with Crippen molar-refractivity contribution in [3.05, 3.63) is 76.8 Å². The standard InChI is InChI=1S/C21H21ClN4O2/c22-18-3-1-2-4-20(18)28-12-8-17-13-19(25-24-17)16-7-11-26(14-16)21(27)15-5-9-23-10-6-15/h1-6,9-10,13,16H,7-8,11-12,14H2,(H,24,25). The second-order valence-corrected chi connectivity index (χ2v) is 7.23. The summed E-state index contributed by atoms with van der Waals surface area (Å²) in [6.45, 7) is 1.94. The van der Waals surface area contributed by atoms with Gasteiger partial charge in [0.05, 0.1) is 17.3 Å². The molecule has 3 aromatic rings. The number of carbonyl (C=O) groups excluding carboxylic acids is 1. The zero-order valence-corrected chi connectivity index (χ0v) is 16.1. The third-order valence-corrected chi connectivity index (χ3v) is 5.25. The topological polar surface area (TPSA) is 71.1 Å². The van der Waals surface area contributed by atoms with E-state index < -0.39 is 0 Å². The number of aromatic amines is 1. The third kappa shape index (κ3) is 4.17. The molecule has 7 heteroatoms. The van der Waals surface area contributed by atoms with Crippen molar-refractivity contribution in [2.45, 2.75) is 18.8 Å². The van der Waals surface area contributed by atoms with E-state index in [1.165, 1.54) is 0 Å². The Morgan fingerprint density at radius 1 is 1.25 bits per heavy atom. The Kier molecular flexibility index (Phi) is 5.58. The van der Waals surface area contributed by atoms with Gasteiger partial charge in [0.15, 0.2) is 0 Å². The largest absolute Gasteiger partial charge is 0.492 e. The lowest BCUT2D eigenvalue weighted by atomic mass is 10.0. The number of hydrogen-bond donors (Lipinski definition) is 1. The summed E-state index contributed by atoms with van der Waals surface area (Å²) in [5.74, 6) is 0.985. The Labute approximate surface area is 168 Å². The minimum atomic E-state index is 0.0498. The quantitative estimate of drug-likeness (QED) is 0.689. The fourth-order valence-electron chi connectivity index (χ4n) is 3.41. The second kappa shape index (κ2) is 8.44. The van der Waals surface area contributed by atoms with Crippen LogP contribution < -0.4 is 4.74 Å². The average molecular weight is 397 g/mol. The molecule has 0 spiro atoms. The predicted molar refractivity (Wildman–Crippen MR) is 107 cm³/mol. The summed E-state index contributed by atoms with van der Waals surface area (Å²) in [5, 5.41) is 8.15. The van der Waals surface area contributed by atoms with Gasteiger partial charge in [0.25, 0.3) is 5.91 Å². The lowest BCUT2D eigenvalue weighted by Crippen LogP contribution is -2.28. The molecule has 4 rings (SSSR count). The molecule has 1 aromatic carbocycles. The summed E-state index contributed by atoms with van der Waals surface area (Å²) < 4.78 is 5.74. The Morgan fingerprint density at radius 2 is 2.07 bits per heavy atom. The number of aromatic nitrogens is 3. The summed E-state index contributed by atoms with van der Waals surface area (Å²) in [6.07, 6.45) is 4.92. The molecule has 1 saturated heterocycles. The first-order valence-electron chi connectivity index (χ1n) is 9.31. The van der Waals surface area contributed by atoms with Crippen molar-refractivity contribution in [3.63, 3.8) is 0 Å². The molecule has 1 atom stereocenters. The van der Waals surface area contributed by atoms with Crippen LogP contribution in [0.1, 0.15) is 34.1 Å². The van der Waals surface area contributed by atoms with E-state index in [4.69, 9.17) is 16.3 Å². The molecule has 2 aromatic heterocycles. The number of para-hydroxylation sites is 1. The van der Waals surface area contributed by atoms with Crippen molar-refractivity contribution >= 4 is 17.5 Å².